The van der Waals surface area contributed by atoms with E-state index < -0.39 is 11.2 Å². The highest BCUT2D eigenvalue weighted by Crippen LogP contribution is 2.19. The molecule has 0 spiro atoms. The van der Waals surface area contributed by atoms with Gasteiger partial charge in [0.05, 0.1) is 12.8 Å². The third-order valence-corrected chi connectivity index (χ3v) is 2.86. The average molecular weight is 306 g/mol. The van der Waals surface area contributed by atoms with Gasteiger partial charge in [0.15, 0.2) is 0 Å². The van der Waals surface area contributed by atoms with Crippen LogP contribution in [0, 0.1) is 0 Å². The molecule has 0 aliphatic rings. The summed E-state index contributed by atoms with van der Waals surface area (Å²) in [7, 11) is 1.45. The second kappa shape index (κ2) is 6.02. The van der Waals surface area contributed by atoms with Gasteiger partial charge in [-0.25, -0.2) is 4.98 Å². The number of aliphatic hydroxyl groups is 1. The molecule has 0 atom stereocenters. The molecule has 8 heteroatoms. The number of ether oxygens (including phenoxy) is 1. The molecule has 2 aromatic heterocycles. The second-order valence-electron chi connectivity index (χ2n) is 5.42. The SMILES string of the molecule is Cn1[nH]c(=O)cc(Nc2ccc(OC(C)(C)CO)cn2)c1=O. The molecule has 0 fully saturated rings. The largest absolute Gasteiger partial charge is 0.484 e. The molecule has 2 rings (SSSR count). The van der Waals surface area contributed by atoms with E-state index in [0.717, 1.165) is 4.68 Å². The van der Waals surface area contributed by atoms with E-state index in [-0.39, 0.29) is 17.9 Å². The van der Waals surface area contributed by atoms with Crippen LogP contribution in [0.15, 0.2) is 34.0 Å². The van der Waals surface area contributed by atoms with E-state index in [9.17, 15) is 9.59 Å². The van der Waals surface area contributed by atoms with Crippen molar-refractivity contribution in [3.63, 3.8) is 0 Å². The summed E-state index contributed by atoms with van der Waals surface area (Å²) in [6, 6.07) is 4.44. The molecule has 0 aliphatic carbocycles. The number of nitrogens with zero attached hydrogens (tertiary/aromatic N) is 2. The van der Waals surface area contributed by atoms with Crippen LogP contribution in [0.25, 0.3) is 0 Å². The standard InChI is InChI=1S/C14H18N4O4/c1-14(2,8-19)22-9-4-5-11(15-7-9)16-10-6-12(20)17-18(3)13(10)21/h4-7,19H,8H2,1-3H3,(H,15,16)(H,17,20). The minimum Gasteiger partial charge on any atom is -0.484 e. The number of aromatic nitrogens is 3. The highest BCUT2D eigenvalue weighted by Gasteiger charge is 2.18. The Bertz CT molecular complexity index is 762. The number of rotatable bonds is 5. The number of pyridine rings is 1. The van der Waals surface area contributed by atoms with Gasteiger partial charge in [-0.2, -0.15) is 0 Å². The molecular formula is C14H18N4O4. The highest BCUT2D eigenvalue weighted by molar-refractivity contribution is 5.54. The first-order valence-electron chi connectivity index (χ1n) is 6.64. The Labute approximate surface area is 126 Å². The summed E-state index contributed by atoms with van der Waals surface area (Å²) in [4.78, 5) is 27.4. The van der Waals surface area contributed by atoms with Crippen molar-refractivity contribution < 1.29 is 9.84 Å². The number of hydrogen-bond donors (Lipinski definition) is 3. The van der Waals surface area contributed by atoms with Crippen LogP contribution < -0.4 is 21.2 Å². The number of hydrogen-bond acceptors (Lipinski definition) is 6. The van der Waals surface area contributed by atoms with Crippen LogP contribution in [0.5, 0.6) is 5.75 Å². The van der Waals surface area contributed by atoms with Crippen molar-refractivity contribution in [3.05, 3.63) is 45.1 Å². The van der Waals surface area contributed by atoms with E-state index in [1.807, 2.05) is 0 Å². The lowest BCUT2D eigenvalue weighted by Crippen LogP contribution is -2.32. The average Bonchev–Trinajstić information content (AvgIpc) is 2.46. The van der Waals surface area contributed by atoms with Crippen molar-refractivity contribution in [1.82, 2.24) is 14.8 Å². The summed E-state index contributed by atoms with van der Waals surface area (Å²) in [5.41, 5.74) is -1.35. The smallest absolute Gasteiger partial charge is 0.288 e. The van der Waals surface area contributed by atoms with Crippen LogP contribution in [-0.2, 0) is 7.05 Å². The number of aryl methyl sites for hydroxylation is 1. The van der Waals surface area contributed by atoms with Crippen molar-refractivity contribution in [1.29, 1.82) is 0 Å². The first-order chi connectivity index (χ1) is 10.3. The van der Waals surface area contributed by atoms with Crippen molar-refractivity contribution in [2.24, 2.45) is 7.05 Å². The lowest BCUT2D eigenvalue weighted by Gasteiger charge is -2.23. The zero-order valence-electron chi connectivity index (χ0n) is 12.6. The molecule has 0 saturated heterocycles. The van der Waals surface area contributed by atoms with Gasteiger partial charge in [0.1, 0.15) is 22.9 Å². The fraction of sp³-hybridized carbons (Fsp3) is 0.357. The summed E-state index contributed by atoms with van der Waals surface area (Å²) < 4.78 is 6.65. The molecular weight excluding hydrogens is 288 g/mol. The van der Waals surface area contributed by atoms with Gasteiger partial charge in [0.25, 0.3) is 11.1 Å². The normalized spacial score (nSPS) is 11.3. The molecule has 0 aliphatic heterocycles. The minimum atomic E-state index is -0.709. The van der Waals surface area contributed by atoms with Gasteiger partial charge in [-0.05, 0) is 26.0 Å². The number of anilines is 2. The van der Waals surface area contributed by atoms with Crippen molar-refractivity contribution in [2.75, 3.05) is 11.9 Å². The zero-order valence-corrected chi connectivity index (χ0v) is 12.6. The zero-order chi connectivity index (χ0) is 16.3. The molecule has 2 aromatic rings. The fourth-order valence-electron chi connectivity index (χ4n) is 1.72. The van der Waals surface area contributed by atoms with Gasteiger partial charge in [-0.3, -0.25) is 19.4 Å². The van der Waals surface area contributed by atoms with Crippen LogP contribution in [0.3, 0.4) is 0 Å². The molecule has 0 amide bonds. The van der Waals surface area contributed by atoms with Crippen LogP contribution in [0.2, 0.25) is 0 Å². The van der Waals surface area contributed by atoms with Crippen LogP contribution in [-0.4, -0.2) is 32.1 Å². The predicted octanol–water partition coefficient (Wildman–Crippen LogP) is 0.362. The van der Waals surface area contributed by atoms with E-state index in [1.165, 1.54) is 19.3 Å². The van der Waals surface area contributed by atoms with Crippen LogP contribution >= 0.6 is 0 Å². The maximum atomic E-state index is 11.9. The van der Waals surface area contributed by atoms with Gasteiger partial charge in [0, 0.05) is 13.1 Å². The van der Waals surface area contributed by atoms with Gasteiger partial charge in [-0.15, -0.1) is 0 Å². The second-order valence-corrected chi connectivity index (χ2v) is 5.42. The highest BCUT2D eigenvalue weighted by atomic mass is 16.5. The monoisotopic (exact) mass is 306 g/mol. The van der Waals surface area contributed by atoms with E-state index >= 15 is 0 Å². The molecule has 0 bridgehead atoms. The van der Waals surface area contributed by atoms with E-state index in [2.05, 4.69) is 15.4 Å². The summed E-state index contributed by atoms with van der Waals surface area (Å²) in [5, 5.41) is 14.3. The Morgan fingerprint density at radius 2 is 2.14 bits per heavy atom. The molecule has 22 heavy (non-hydrogen) atoms. The number of H-pyrrole nitrogens is 1. The molecule has 0 saturated carbocycles. The van der Waals surface area contributed by atoms with Gasteiger partial charge >= 0.3 is 0 Å². The van der Waals surface area contributed by atoms with Gasteiger partial charge < -0.3 is 15.2 Å². The molecule has 2 heterocycles. The Morgan fingerprint density at radius 1 is 1.41 bits per heavy atom. The van der Waals surface area contributed by atoms with Crippen molar-refractivity contribution in [3.8, 4) is 5.75 Å². The maximum Gasteiger partial charge on any atom is 0.288 e. The Morgan fingerprint density at radius 3 is 2.73 bits per heavy atom. The first kappa shape index (κ1) is 15.8. The Kier molecular flexibility index (Phi) is 4.32. The molecule has 0 aromatic carbocycles. The minimum absolute atomic E-state index is 0.128. The van der Waals surface area contributed by atoms with Crippen molar-refractivity contribution in [2.45, 2.75) is 19.4 Å². The van der Waals surface area contributed by atoms with E-state index in [1.54, 1.807) is 26.0 Å². The number of nitrogens with one attached hydrogen (secondary N) is 2. The van der Waals surface area contributed by atoms with E-state index in [4.69, 9.17) is 9.84 Å². The fourth-order valence-corrected chi connectivity index (χ4v) is 1.72. The predicted molar refractivity (Wildman–Crippen MR) is 81.6 cm³/mol. The van der Waals surface area contributed by atoms with Crippen LogP contribution in [0.1, 0.15) is 13.8 Å². The summed E-state index contributed by atoms with van der Waals surface area (Å²) in [6.45, 7) is 3.37. The molecule has 3 N–H and O–H groups in total. The topological polar surface area (TPSA) is 109 Å². The third-order valence-electron chi connectivity index (χ3n) is 2.86. The number of aliphatic hydroxyl groups excluding tert-OH is 1. The molecule has 0 radical (unpaired) electrons. The van der Waals surface area contributed by atoms with Crippen LogP contribution in [0.4, 0.5) is 11.5 Å². The maximum absolute atomic E-state index is 11.9. The lowest BCUT2D eigenvalue weighted by molar-refractivity contribution is 0.0410. The first-order valence-corrected chi connectivity index (χ1v) is 6.64. The third kappa shape index (κ3) is 3.73. The molecule has 0 unspecified atom stereocenters. The Hall–Kier alpha value is -2.61. The Balaban J connectivity index is 2.19. The summed E-state index contributed by atoms with van der Waals surface area (Å²) in [5.74, 6) is 0.889. The molecule has 118 valence electrons. The molecule has 8 nitrogen and oxygen atoms in total. The van der Waals surface area contributed by atoms with Gasteiger partial charge in [-0.1, -0.05) is 0 Å². The van der Waals surface area contributed by atoms with Gasteiger partial charge in [0.2, 0.25) is 0 Å². The number of aromatic amines is 1. The van der Waals surface area contributed by atoms with E-state index in [0.29, 0.717) is 11.6 Å². The summed E-state index contributed by atoms with van der Waals surface area (Å²) >= 11 is 0. The summed E-state index contributed by atoms with van der Waals surface area (Å²) in [6.07, 6.45) is 1.47. The quantitative estimate of drug-likeness (QED) is 0.736. The lowest BCUT2D eigenvalue weighted by atomic mass is 10.1. The van der Waals surface area contributed by atoms with Crippen molar-refractivity contribution >= 4 is 11.5 Å².